The number of nitrogens with zero attached hydrogens (tertiary/aromatic N) is 3. The van der Waals surface area contributed by atoms with Crippen LogP contribution in [0.4, 0.5) is 5.95 Å². The zero-order chi connectivity index (χ0) is 12.3. The summed E-state index contributed by atoms with van der Waals surface area (Å²) in [5.74, 6) is 0.0652. The highest BCUT2D eigenvalue weighted by Gasteiger charge is 2.07. The molecule has 0 aliphatic heterocycles. The quantitative estimate of drug-likeness (QED) is 0.866. The van der Waals surface area contributed by atoms with Crippen LogP contribution in [0.15, 0.2) is 22.8 Å². The Bertz CT molecular complexity index is 540. The van der Waals surface area contributed by atoms with Crippen LogP contribution < -0.4 is 5.32 Å². The third-order valence-electron chi connectivity index (χ3n) is 2.01. The maximum absolute atomic E-state index is 11.1. The topological polar surface area (TPSA) is 68.5 Å². The van der Waals surface area contributed by atoms with E-state index in [1.807, 2.05) is 12.1 Å². The van der Waals surface area contributed by atoms with E-state index in [1.165, 1.54) is 0 Å². The first kappa shape index (κ1) is 11.8. The van der Waals surface area contributed by atoms with Gasteiger partial charge in [0, 0.05) is 6.20 Å². The molecular weight excluding hydrogens is 288 g/mol. The van der Waals surface area contributed by atoms with E-state index >= 15 is 0 Å². The van der Waals surface area contributed by atoms with Gasteiger partial charge in [0.2, 0.25) is 5.95 Å². The summed E-state index contributed by atoms with van der Waals surface area (Å²) < 4.78 is 7.26. The first-order chi connectivity index (χ1) is 8.20. The number of hydrogen-bond donors (Lipinski definition) is 1. The molecule has 90 valence electrons. The van der Waals surface area contributed by atoms with Crippen LogP contribution in [0, 0.1) is 0 Å². The Kier molecular flexibility index (Phi) is 3.58. The van der Waals surface area contributed by atoms with Crippen LogP contribution in [-0.4, -0.2) is 33.7 Å². The SMILES string of the molecule is CCOC(=O)CNc1nc2c(Br)cccn2n1. The van der Waals surface area contributed by atoms with Crippen molar-refractivity contribution in [1.29, 1.82) is 0 Å². The summed E-state index contributed by atoms with van der Waals surface area (Å²) in [7, 11) is 0. The van der Waals surface area contributed by atoms with Gasteiger partial charge < -0.3 is 10.1 Å². The molecule has 7 heteroatoms. The van der Waals surface area contributed by atoms with E-state index in [4.69, 9.17) is 4.74 Å². The Hall–Kier alpha value is -1.63. The Labute approximate surface area is 106 Å². The molecule has 17 heavy (non-hydrogen) atoms. The van der Waals surface area contributed by atoms with Crippen molar-refractivity contribution < 1.29 is 9.53 Å². The number of hydrogen-bond acceptors (Lipinski definition) is 5. The van der Waals surface area contributed by atoms with Crippen LogP contribution in [0.1, 0.15) is 6.92 Å². The van der Waals surface area contributed by atoms with Crippen molar-refractivity contribution in [1.82, 2.24) is 14.6 Å². The van der Waals surface area contributed by atoms with Gasteiger partial charge in [-0.3, -0.25) is 4.79 Å². The molecular formula is C10H11BrN4O2. The van der Waals surface area contributed by atoms with Gasteiger partial charge in [0.25, 0.3) is 0 Å². The number of rotatable bonds is 4. The van der Waals surface area contributed by atoms with E-state index in [2.05, 4.69) is 31.3 Å². The van der Waals surface area contributed by atoms with E-state index in [0.717, 1.165) is 4.47 Å². The fourth-order valence-electron chi connectivity index (χ4n) is 1.31. The molecule has 0 radical (unpaired) electrons. The Morgan fingerprint density at radius 3 is 3.18 bits per heavy atom. The molecule has 2 rings (SSSR count). The van der Waals surface area contributed by atoms with Crippen molar-refractivity contribution in [3.05, 3.63) is 22.8 Å². The number of halogens is 1. The van der Waals surface area contributed by atoms with E-state index in [-0.39, 0.29) is 12.5 Å². The maximum atomic E-state index is 11.1. The molecule has 0 amide bonds. The van der Waals surface area contributed by atoms with Gasteiger partial charge >= 0.3 is 5.97 Å². The fourth-order valence-corrected chi connectivity index (χ4v) is 1.73. The minimum absolute atomic E-state index is 0.0579. The van der Waals surface area contributed by atoms with E-state index in [0.29, 0.717) is 18.2 Å². The summed E-state index contributed by atoms with van der Waals surface area (Å²) >= 11 is 3.37. The molecule has 0 bridgehead atoms. The van der Waals surface area contributed by atoms with E-state index in [9.17, 15) is 4.79 Å². The fraction of sp³-hybridized carbons (Fsp3) is 0.300. The summed E-state index contributed by atoms with van der Waals surface area (Å²) in [6.45, 7) is 2.19. The van der Waals surface area contributed by atoms with Crippen LogP contribution in [0.5, 0.6) is 0 Å². The molecule has 0 saturated heterocycles. The summed E-state index contributed by atoms with van der Waals surface area (Å²) in [5.41, 5.74) is 0.693. The number of anilines is 1. The average molecular weight is 299 g/mol. The second kappa shape index (κ2) is 5.13. The zero-order valence-electron chi connectivity index (χ0n) is 9.18. The van der Waals surface area contributed by atoms with Crippen LogP contribution in [0.2, 0.25) is 0 Å². The van der Waals surface area contributed by atoms with Gasteiger partial charge in [-0.15, -0.1) is 5.10 Å². The lowest BCUT2D eigenvalue weighted by Gasteiger charge is -2.00. The first-order valence-corrected chi connectivity index (χ1v) is 5.90. The molecule has 0 aliphatic rings. The van der Waals surface area contributed by atoms with Crippen molar-refractivity contribution in [2.24, 2.45) is 0 Å². The van der Waals surface area contributed by atoms with Gasteiger partial charge in [-0.05, 0) is 35.0 Å². The molecule has 0 aromatic carbocycles. The van der Waals surface area contributed by atoms with Crippen molar-refractivity contribution >= 4 is 33.5 Å². The second-order valence-corrected chi connectivity index (χ2v) is 4.07. The molecule has 6 nitrogen and oxygen atoms in total. The summed E-state index contributed by atoms with van der Waals surface area (Å²) in [5, 5.41) is 6.97. The third kappa shape index (κ3) is 2.73. The van der Waals surface area contributed by atoms with Crippen LogP contribution in [-0.2, 0) is 9.53 Å². The number of ether oxygens (including phenoxy) is 1. The summed E-state index contributed by atoms with van der Waals surface area (Å²) in [6, 6.07) is 3.72. The Balaban J connectivity index is 2.10. The molecule has 0 saturated carbocycles. The monoisotopic (exact) mass is 298 g/mol. The van der Waals surface area contributed by atoms with E-state index in [1.54, 1.807) is 17.6 Å². The van der Waals surface area contributed by atoms with Crippen LogP contribution in [0.25, 0.3) is 5.65 Å². The van der Waals surface area contributed by atoms with Gasteiger partial charge in [0.05, 0.1) is 11.1 Å². The minimum Gasteiger partial charge on any atom is -0.465 e. The Morgan fingerprint density at radius 1 is 1.65 bits per heavy atom. The zero-order valence-corrected chi connectivity index (χ0v) is 10.8. The van der Waals surface area contributed by atoms with Crippen LogP contribution >= 0.6 is 15.9 Å². The van der Waals surface area contributed by atoms with Crippen molar-refractivity contribution in [3.8, 4) is 0 Å². The summed E-state index contributed by atoms with van der Waals surface area (Å²) in [4.78, 5) is 15.4. The molecule has 0 spiro atoms. The molecule has 0 unspecified atom stereocenters. The molecule has 0 fully saturated rings. The predicted molar refractivity (Wildman–Crippen MR) is 65.8 cm³/mol. The number of esters is 1. The predicted octanol–water partition coefficient (Wildman–Crippen LogP) is 1.47. The number of carbonyl (C=O) groups excluding carboxylic acids is 1. The van der Waals surface area contributed by atoms with Gasteiger partial charge in [-0.2, -0.15) is 4.98 Å². The minimum atomic E-state index is -0.328. The van der Waals surface area contributed by atoms with Gasteiger partial charge in [0.1, 0.15) is 6.54 Å². The highest BCUT2D eigenvalue weighted by atomic mass is 79.9. The molecule has 0 atom stereocenters. The number of aromatic nitrogens is 3. The highest BCUT2D eigenvalue weighted by molar-refractivity contribution is 9.10. The molecule has 2 aromatic heterocycles. The van der Waals surface area contributed by atoms with Gasteiger partial charge in [0.15, 0.2) is 5.65 Å². The van der Waals surface area contributed by atoms with Gasteiger partial charge in [-0.1, -0.05) is 0 Å². The largest absolute Gasteiger partial charge is 0.465 e. The first-order valence-electron chi connectivity index (χ1n) is 5.11. The number of pyridine rings is 1. The van der Waals surface area contributed by atoms with E-state index < -0.39 is 0 Å². The molecule has 2 heterocycles. The van der Waals surface area contributed by atoms with Gasteiger partial charge in [-0.25, -0.2) is 4.52 Å². The van der Waals surface area contributed by atoms with Crippen LogP contribution in [0.3, 0.4) is 0 Å². The third-order valence-corrected chi connectivity index (χ3v) is 2.63. The normalized spacial score (nSPS) is 10.5. The van der Waals surface area contributed by atoms with Crippen molar-refractivity contribution in [2.45, 2.75) is 6.92 Å². The average Bonchev–Trinajstić information content (AvgIpc) is 2.71. The van der Waals surface area contributed by atoms with Crippen molar-refractivity contribution in [3.63, 3.8) is 0 Å². The molecule has 2 aromatic rings. The highest BCUT2D eigenvalue weighted by Crippen LogP contribution is 2.16. The lowest BCUT2D eigenvalue weighted by molar-refractivity contribution is -0.140. The number of nitrogens with one attached hydrogen (secondary N) is 1. The standard InChI is InChI=1S/C10H11BrN4O2/c1-2-17-8(16)6-12-10-13-9-7(11)4-3-5-15(9)14-10/h3-5H,2,6H2,1H3,(H,12,14). The smallest absolute Gasteiger partial charge is 0.325 e. The molecule has 0 aliphatic carbocycles. The molecule has 1 N–H and O–H groups in total. The lowest BCUT2D eigenvalue weighted by Crippen LogP contribution is -2.17. The summed E-state index contributed by atoms with van der Waals surface area (Å²) in [6.07, 6.45) is 1.78. The maximum Gasteiger partial charge on any atom is 0.325 e. The number of fused-ring (bicyclic) bond motifs is 1. The van der Waals surface area contributed by atoms with Crippen molar-refractivity contribution in [2.75, 3.05) is 18.5 Å². The Morgan fingerprint density at radius 2 is 2.47 bits per heavy atom. The second-order valence-electron chi connectivity index (χ2n) is 3.22. The lowest BCUT2D eigenvalue weighted by atomic mass is 10.5. The number of carbonyl (C=O) groups is 1.